The molecule has 0 amide bonds. The zero-order valence-electron chi connectivity index (χ0n) is 13.0. The highest BCUT2D eigenvalue weighted by atomic mass is 32.1. The Hall–Kier alpha value is -3.26. The molecule has 3 aromatic heterocycles. The molecule has 0 saturated heterocycles. The maximum atomic E-state index is 11.0. The number of benzene rings is 1. The fourth-order valence-electron chi connectivity index (χ4n) is 2.53. The highest BCUT2D eigenvalue weighted by Gasteiger charge is 2.12. The van der Waals surface area contributed by atoms with Crippen molar-refractivity contribution in [2.75, 3.05) is 5.32 Å². The van der Waals surface area contributed by atoms with E-state index in [1.807, 2.05) is 29.6 Å². The minimum Gasteiger partial charge on any atom is -0.364 e. The van der Waals surface area contributed by atoms with Crippen molar-refractivity contribution in [2.45, 2.75) is 6.54 Å². The van der Waals surface area contributed by atoms with Crippen LogP contribution >= 0.6 is 11.3 Å². The first-order valence-electron chi connectivity index (χ1n) is 7.56. The summed E-state index contributed by atoms with van der Waals surface area (Å²) in [5.41, 5.74) is 2.13. The Kier molecular flexibility index (Phi) is 3.87. The lowest BCUT2D eigenvalue weighted by Crippen LogP contribution is -2.03. The summed E-state index contributed by atoms with van der Waals surface area (Å²) >= 11 is 1.68. The van der Waals surface area contributed by atoms with Crippen LogP contribution in [0.1, 0.15) is 4.88 Å². The van der Waals surface area contributed by atoms with Gasteiger partial charge in [0.15, 0.2) is 5.65 Å². The fourth-order valence-corrected chi connectivity index (χ4v) is 3.18. The monoisotopic (exact) mass is 351 g/mol. The lowest BCUT2D eigenvalue weighted by Gasteiger charge is -2.06. The standard InChI is InChI=1S/C17H13N5O2S/c23-22(24)13-4-1-3-12(9-13)15-11-19-17-7-6-16(20-21(15)17)18-10-14-5-2-8-25-14/h1-9,11H,10H2,(H,18,20). The second-order valence-corrected chi connectivity index (χ2v) is 6.40. The molecule has 25 heavy (non-hydrogen) atoms. The predicted molar refractivity (Wildman–Crippen MR) is 96.7 cm³/mol. The van der Waals surface area contributed by atoms with Gasteiger partial charge in [-0.15, -0.1) is 16.4 Å². The summed E-state index contributed by atoms with van der Waals surface area (Å²) in [7, 11) is 0. The highest BCUT2D eigenvalue weighted by Crippen LogP contribution is 2.24. The average molecular weight is 351 g/mol. The van der Waals surface area contributed by atoms with Crippen LogP contribution in [0.3, 0.4) is 0 Å². The van der Waals surface area contributed by atoms with Gasteiger partial charge in [0.1, 0.15) is 5.82 Å². The van der Waals surface area contributed by atoms with E-state index in [-0.39, 0.29) is 5.69 Å². The van der Waals surface area contributed by atoms with Crippen LogP contribution in [0.5, 0.6) is 0 Å². The number of thiophene rings is 1. The molecule has 0 spiro atoms. The van der Waals surface area contributed by atoms with E-state index in [4.69, 9.17) is 0 Å². The first-order chi connectivity index (χ1) is 12.2. The Morgan fingerprint density at radius 3 is 2.92 bits per heavy atom. The lowest BCUT2D eigenvalue weighted by atomic mass is 10.1. The predicted octanol–water partition coefficient (Wildman–Crippen LogP) is 3.98. The highest BCUT2D eigenvalue weighted by molar-refractivity contribution is 7.09. The first kappa shape index (κ1) is 15.3. The Bertz CT molecular complexity index is 1040. The molecule has 7 nitrogen and oxygen atoms in total. The number of nitrogens with zero attached hydrogens (tertiary/aromatic N) is 4. The second kappa shape index (κ2) is 6.33. The van der Waals surface area contributed by atoms with Gasteiger partial charge in [-0.3, -0.25) is 10.1 Å². The van der Waals surface area contributed by atoms with Crippen molar-refractivity contribution in [3.63, 3.8) is 0 Å². The molecule has 0 aliphatic rings. The van der Waals surface area contributed by atoms with Gasteiger partial charge in [0.05, 0.1) is 23.4 Å². The van der Waals surface area contributed by atoms with Crippen molar-refractivity contribution in [1.82, 2.24) is 14.6 Å². The lowest BCUT2D eigenvalue weighted by molar-refractivity contribution is -0.384. The van der Waals surface area contributed by atoms with Gasteiger partial charge in [0, 0.05) is 22.6 Å². The van der Waals surface area contributed by atoms with Crippen LogP contribution in [0.2, 0.25) is 0 Å². The van der Waals surface area contributed by atoms with Crippen molar-refractivity contribution in [1.29, 1.82) is 0 Å². The van der Waals surface area contributed by atoms with Gasteiger partial charge in [-0.1, -0.05) is 18.2 Å². The number of hydrogen-bond donors (Lipinski definition) is 1. The Morgan fingerprint density at radius 2 is 2.12 bits per heavy atom. The molecule has 0 radical (unpaired) electrons. The number of nitro benzene ring substituents is 1. The smallest absolute Gasteiger partial charge is 0.270 e. The molecule has 0 fully saturated rings. The van der Waals surface area contributed by atoms with Crippen molar-refractivity contribution in [3.05, 3.63) is 75.1 Å². The van der Waals surface area contributed by atoms with Gasteiger partial charge in [-0.2, -0.15) is 0 Å². The Labute approximate surface area is 146 Å². The van der Waals surface area contributed by atoms with E-state index < -0.39 is 4.92 Å². The summed E-state index contributed by atoms with van der Waals surface area (Å²) in [6.45, 7) is 0.691. The van der Waals surface area contributed by atoms with E-state index >= 15 is 0 Å². The quantitative estimate of drug-likeness (QED) is 0.434. The second-order valence-electron chi connectivity index (χ2n) is 5.37. The maximum absolute atomic E-state index is 11.0. The summed E-state index contributed by atoms with van der Waals surface area (Å²) in [5.74, 6) is 0.714. The molecular formula is C17H13N5O2S. The molecule has 0 atom stereocenters. The normalized spacial score (nSPS) is 10.9. The van der Waals surface area contributed by atoms with Crippen LogP contribution in [0, 0.1) is 10.1 Å². The SMILES string of the molecule is O=[N+]([O-])c1cccc(-c2cnc3ccc(NCc4cccs4)nn23)c1. The van der Waals surface area contributed by atoms with Gasteiger partial charge in [-0.25, -0.2) is 9.50 Å². The molecule has 4 aromatic rings. The largest absolute Gasteiger partial charge is 0.364 e. The molecule has 0 aliphatic carbocycles. The zero-order chi connectivity index (χ0) is 17.2. The van der Waals surface area contributed by atoms with E-state index in [0.717, 1.165) is 0 Å². The van der Waals surface area contributed by atoms with Crippen molar-refractivity contribution in [3.8, 4) is 11.3 Å². The third kappa shape index (κ3) is 3.07. The number of anilines is 1. The minimum absolute atomic E-state index is 0.0411. The van der Waals surface area contributed by atoms with Gasteiger partial charge in [0.2, 0.25) is 0 Å². The van der Waals surface area contributed by atoms with Crippen LogP contribution in [-0.2, 0) is 6.54 Å². The first-order valence-corrected chi connectivity index (χ1v) is 8.44. The van der Waals surface area contributed by atoms with Gasteiger partial charge < -0.3 is 5.32 Å². The van der Waals surface area contributed by atoms with E-state index in [9.17, 15) is 10.1 Å². The van der Waals surface area contributed by atoms with Crippen LogP contribution in [0.4, 0.5) is 11.5 Å². The summed E-state index contributed by atoms with van der Waals surface area (Å²) in [6, 6.07) is 14.3. The fraction of sp³-hybridized carbons (Fsp3) is 0.0588. The number of imidazole rings is 1. The number of nitro groups is 1. The molecular weight excluding hydrogens is 338 g/mol. The molecule has 124 valence electrons. The van der Waals surface area contributed by atoms with Crippen LogP contribution in [0.25, 0.3) is 16.9 Å². The van der Waals surface area contributed by atoms with Crippen LogP contribution in [-0.4, -0.2) is 19.5 Å². The number of hydrogen-bond acceptors (Lipinski definition) is 6. The van der Waals surface area contributed by atoms with Crippen LogP contribution in [0.15, 0.2) is 60.1 Å². The van der Waals surface area contributed by atoms with Crippen LogP contribution < -0.4 is 5.32 Å². The van der Waals surface area contributed by atoms with Crippen molar-refractivity contribution >= 4 is 28.5 Å². The molecule has 8 heteroatoms. The summed E-state index contributed by atoms with van der Waals surface area (Å²) in [5, 5.41) is 20.9. The number of nitrogens with one attached hydrogen (secondary N) is 1. The maximum Gasteiger partial charge on any atom is 0.270 e. The summed E-state index contributed by atoms with van der Waals surface area (Å²) in [6.07, 6.45) is 1.67. The third-order valence-electron chi connectivity index (χ3n) is 3.74. The van der Waals surface area contributed by atoms with E-state index in [0.29, 0.717) is 29.3 Å². The Balaban J connectivity index is 1.69. The van der Waals surface area contributed by atoms with Gasteiger partial charge in [-0.05, 0) is 23.6 Å². The molecule has 0 saturated carbocycles. The molecule has 1 N–H and O–H groups in total. The molecule has 0 unspecified atom stereocenters. The average Bonchev–Trinajstić information content (AvgIpc) is 3.29. The van der Waals surface area contributed by atoms with E-state index in [1.54, 1.807) is 28.1 Å². The molecule has 3 heterocycles. The molecule has 0 aliphatic heterocycles. The zero-order valence-corrected chi connectivity index (χ0v) is 13.8. The number of rotatable bonds is 5. The Morgan fingerprint density at radius 1 is 1.20 bits per heavy atom. The number of aromatic nitrogens is 3. The third-order valence-corrected chi connectivity index (χ3v) is 4.62. The van der Waals surface area contributed by atoms with E-state index in [1.165, 1.54) is 17.0 Å². The summed E-state index contributed by atoms with van der Waals surface area (Å²) < 4.78 is 1.69. The number of fused-ring (bicyclic) bond motifs is 1. The number of non-ortho nitro benzene ring substituents is 1. The minimum atomic E-state index is -0.409. The van der Waals surface area contributed by atoms with E-state index in [2.05, 4.69) is 21.5 Å². The van der Waals surface area contributed by atoms with Gasteiger partial charge >= 0.3 is 0 Å². The van der Waals surface area contributed by atoms with Gasteiger partial charge in [0.25, 0.3) is 5.69 Å². The topological polar surface area (TPSA) is 85.4 Å². The molecule has 1 aromatic carbocycles. The summed E-state index contributed by atoms with van der Waals surface area (Å²) in [4.78, 5) is 16.1. The molecule has 4 rings (SSSR count). The molecule has 0 bridgehead atoms. The van der Waals surface area contributed by atoms with Crippen molar-refractivity contribution in [2.24, 2.45) is 0 Å². The van der Waals surface area contributed by atoms with Crippen molar-refractivity contribution < 1.29 is 4.92 Å².